The molecule has 1 saturated heterocycles. The number of rotatable bonds is 0. The fourth-order valence-corrected chi connectivity index (χ4v) is 1.46. The summed E-state index contributed by atoms with van der Waals surface area (Å²) in [6.07, 6.45) is -3.95. The smallest absolute Gasteiger partial charge is 0.313 e. The number of nitrogens with one attached hydrogen (secondary N) is 1. The third kappa shape index (κ3) is 0.595. The van der Waals surface area contributed by atoms with Crippen LogP contribution in [0, 0.1) is 11.8 Å². The molecule has 2 rings (SSSR count). The van der Waals surface area contributed by atoms with Crippen molar-refractivity contribution in [2.75, 3.05) is 6.54 Å². The van der Waals surface area contributed by atoms with Gasteiger partial charge in [0.15, 0.2) is 0 Å². The van der Waals surface area contributed by atoms with E-state index in [2.05, 4.69) is 5.32 Å². The number of halogens is 3. The molecular weight excluding hydrogens is 131 g/mol. The van der Waals surface area contributed by atoms with Gasteiger partial charge in [-0.25, -0.2) is 0 Å². The van der Waals surface area contributed by atoms with E-state index in [9.17, 15) is 13.2 Å². The molecule has 52 valence electrons. The summed E-state index contributed by atoms with van der Waals surface area (Å²) in [6, 6.07) is -0.218. The molecule has 0 aromatic rings. The third-order valence-electron chi connectivity index (χ3n) is 2.14. The molecule has 0 aromatic heterocycles. The maximum atomic E-state index is 11.7. The fourth-order valence-electron chi connectivity index (χ4n) is 1.46. The van der Waals surface area contributed by atoms with Crippen LogP contribution in [-0.2, 0) is 0 Å². The summed E-state index contributed by atoms with van der Waals surface area (Å²) in [5.74, 6) is -1.09. The van der Waals surface area contributed by atoms with Crippen LogP contribution < -0.4 is 5.32 Å². The molecule has 1 aliphatic carbocycles. The Morgan fingerprint density at radius 2 is 1.89 bits per heavy atom. The molecule has 1 nitrogen and oxygen atoms in total. The van der Waals surface area contributed by atoms with Crippen molar-refractivity contribution in [3.63, 3.8) is 0 Å². The van der Waals surface area contributed by atoms with Crippen molar-refractivity contribution in [1.29, 1.82) is 0 Å². The predicted molar refractivity (Wildman–Crippen MR) is 24.8 cm³/mol. The van der Waals surface area contributed by atoms with Crippen LogP contribution in [-0.4, -0.2) is 18.8 Å². The minimum absolute atomic E-state index is 0.0787. The van der Waals surface area contributed by atoms with Crippen LogP contribution in [0.4, 0.5) is 13.2 Å². The molecule has 0 aromatic carbocycles. The first-order chi connectivity index (χ1) is 4.11. The van der Waals surface area contributed by atoms with Crippen LogP contribution in [0.25, 0.3) is 0 Å². The molecule has 9 heavy (non-hydrogen) atoms. The highest BCUT2D eigenvalue weighted by molar-refractivity contribution is 5.14. The molecule has 1 aliphatic heterocycles. The van der Waals surface area contributed by atoms with Gasteiger partial charge < -0.3 is 5.32 Å². The van der Waals surface area contributed by atoms with Gasteiger partial charge in [-0.05, 0) is 0 Å². The minimum atomic E-state index is -3.95. The summed E-state index contributed by atoms with van der Waals surface area (Å²) in [4.78, 5) is 0. The fraction of sp³-hybridized carbons (Fsp3) is 1.00. The Kier molecular flexibility index (Phi) is 0.773. The van der Waals surface area contributed by atoms with Gasteiger partial charge >= 0.3 is 6.18 Å². The highest BCUT2D eigenvalue weighted by Gasteiger charge is 2.68. The van der Waals surface area contributed by atoms with E-state index in [0.29, 0.717) is 6.54 Å². The topological polar surface area (TPSA) is 12.0 Å². The van der Waals surface area contributed by atoms with Crippen molar-refractivity contribution < 1.29 is 13.2 Å². The lowest BCUT2D eigenvalue weighted by Crippen LogP contribution is -2.32. The summed E-state index contributed by atoms with van der Waals surface area (Å²) < 4.78 is 35.2. The summed E-state index contributed by atoms with van der Waals surface area (Å²) in [5.41, 5.74) is 0. The van der Waals surface area contributed by atoms with Gasteiger partial charge in [-0.2, -0.15) is 13.2 Å². The van der Waals surface area contributed by atoms with Crippen molar-refractivity contribution in [2.45, 2.75) is 12.2 Å². The SMILES string of the molecule is FC(F)(F)[C@H]1[C@@H]2CN[C@@H]21. The average molecular weight is 137 g/mol. The van der Waals surface area contributed by atoms with Gasteiger partial charge in [0.25, 0.3) is 0 Å². The van der Waals surface area contributed by atoms with E-state index < -0.39 is 12.1 Å². The Labute approximate surface area is 50.2 Å². The number of alkyl halides is 3. The van der Waals surface area contributed by atoms with Gasteiger partial charge in [-0.3, -0.25) is 0 Å². The van der Waals surface area contributed by atoms with E-state index in [4.69, 9.17) is 0 Å². The zero-order valence-corrected chi connectivity index (χ0v) is 4.57. The Bertz CT molecular complexity index is 132. The van der Waals surface area contributed by atoms with Gasteiger partial charge in [-0.15, -0.1) is 0 Å². The van der Waals surface area contributed by atoms with Crippen molar-refractivity contribution in [3.05, 3.63) is 0 Å². The normalized spacial score (nSPS) is 47.7. The van der Waals surface area contributed by atoms with E-state index >= 15 is 0 Å². The molecule has 0 radical (unpaired) electrons. The number of hydrogen-bond acceptors (Lipinski definition) is 1. The molecule has 4 heteroatoms. The second kappa shape index (κ2) is 1.26. The number of hydrogen-bond donors (Lipinski definition) is 1. The quantitative estimate of drug-likeness (QED) is 0.520. The van der Waals surface area contributed by atoms with Crippen LogP contribution in [0.3, 0.4) is 0 Å². The maximum absolute atomic E-state index is 11.7. The summed E-state index contributed by atoms with van der Waals surface area (Å²) in [6.45, 7) is 0.564. The van der Waals surface area contributed by atoms with Gasteiger partial charge in [-0.1, -0.05) is 0 Å². The Morgan fingerprint density at radius 1 is 1.33 bits per heavy atom. The largest absolute Gasteiger partial charge is 0.393 e. The van der Waals surface area contributed by atoms with E-state index in [-0.39, 0.29) is 12.0 Å². The molecule has 1 N–H and O–H groups in total. The molecule has 0 unspecified atom stereocenters. The van der Waals surface area contributed by atoms with Gasteiger partial charge in [0.1, 0.15) is 0 Å². The predicted octanol–water partition coefficient (Wildman–Crippen LogP) is 0.766. The van der Waals surface area contributed by atoms with Gasteiger partial charge in [0, 0.05) is 18.5 Å². The third-order valence-corrected chi connectivity index (χ3v) is 2.14. The van der Waals surface area contributed by atoms with E-state index in [0.717, 1.165) is 0 Å². The van der Waals surface area contributed by atoms with Crippen molar-refractivity contribution in [3.8, 4) is 0 Å². The summed E-state index contributed by atoms with van der Waals surface area (Å²) in [7, 11) is 0. The average Bonchev–Trinajstić information content (AvgIpc) is 2.04. The van der Waals surface area contributed by atoms with Crippen LogP contribution in [0.15, 0.2) is 0 Å². The minimum Gasteiger partial charge on any atom is -0.313 e. The molecule has 0 spiro atoms. The Hall–Kier alpha value is -0.250. The van der Waals surface area contributed by atoms with Crippen LogP contribution in [0.2, 0.25) is 0 Å². The van der Waals surface area contributed by atoms with E-state index in [1.807, 2.05) is 0 Å². The van der Waals surface area contributed by atoms with Crippen molar-refractivity contribution >= 4 is 0 Å². The lowest BCUT2D eigenvalue weighted by molar-refractivity contribution is -0.149. The Balaban J connectivity index is 2.02. The zero-order chi connectivity index (χ0) is 6.65. The molecule has 0 amide bonds. The van der Waals surface area contributed by atoms with Crippen LogP contribution in [0.5, 0.6) is 0 Å². The van der Waals surface area contributed by atoms with Crippen LogP contribution >= 0.6 is 0 Å². The molecule has 2 fully saturated rings. The number of fused-ring (bicyclic) bond motifs is 1. The second-order valence-electron chi connectivity index (χ2n) is 2.67. The standard InChI is InChI=1S/C5H6F3N/c6-5(7,8)3-2-1-9-4(2)3/h2-4,9H,1H2/t2-,3-,4-/m0/s1. The van der Waals surface area contributed by atoms with E-state index in [1.54, 1.807) is 0 Å². The van der Waals surface area contributed by atoms with Crippen LogP contribution in [0.1, 0.15) is 0 Å². The van der Waals surface area contributed by atoms with Gasteiger partial charge in [0.05, 0.1) is 5.92 Å². The summed E-state index contributed by atoms with van der Waals surface area (Å²) >= 11 is 0. The first-order valence-corrected chi connectivity index (χ1v) is 2.91. The molecule has 1 heterocycles. The summed E-state index contributed by atoms with van der Waals surface area (Å²) in [5, 5.41) is 2.72. The first-order valence-electron chi connectivity index (χ1n) is 2.91. The van der Waals surface area contributed by atoms with Crippen molar-refractivity contribution in [2.24, 2.45) is 11.8 Å². The lowest BCUT2D eigenvalue weighted by atomic mass is 10.3. The molecule has 1 saturated carbocycles. The lowest BCUT2D eigenvalue weighted by Gasteiger charge is -2.08. The molecule has 2 aliphatic rings. The molecular formula is C5H6F3N. The van der Waals surface area contributed by atoms with Crippen molar-refractivity contribution in [1.82, 2.24) is 5.32 Å². The monoisotopic (exact) mass is 137 g/mol. The highest BCUT2D eigenvalue weighted by atomic mass is 19.4. The maximum Gasteiger partial charge on any atom is 0.393 e. The highest BCUT2D eigenvalue weighted by Crippen LogP contribution is 2.54. The van der Waals surface area contributed by atoms with Gasteiger partial charge in [0.2, 0.25) is 0 Å². The van der Waals surface area contributed by atoms with E-state index in [1.165, 1.54) is 0 Å². The molecule has 3 atom stereocenters. The zero-order valence-electron chi connectivity index (χ0n) is 4.57. The second-order valence-corrected chi connectivity index (χ2v) is 2.67. The molecule has 0 bridgehead atoms. The first kappa shape index (κ1) is 5.53. The Morgan fingerprint density at radius 3 is 2.00 bits per heavy atom.